The van der Waals surface area contributed by atoms with Crippen LogP contribution in [-0.4, -0.2) is 74.1 Å². The van der Waals surface area contributed by atoms with Crippen molar-refractivity contribution in [1.29, 1.82) is 0 Å². The Hall–Kier alpha value is -2.20. The van der Waals surface area contributed by atoms with Gasteiger partial charge in [-0.1, -0.05) is 18.6 Å². The Morgan fingerprint density at radius 3 is 2.06 bits per heavy atom. The Balaban J connectivity index is 1.55. The number of phenolic OH excluding ortho intramolecular Hbond substituents is 2. The third kappa shape index (κ3) is 5.32. The van der Waals surface area contributed by atoms with Crippen molar-refractivity contribution in [1.82, 2.24) is 0 Å². The highest BCUT2D eigenvalue weighted by Crippen LogP contribution is 2.37. The van der Waals surface area contributed by atoms with E-state index in [1.54, 1.807) is 12.1 Å². The normalized spacial score (nSPS) is 30.7. The third-order valence-electron chi connectivity index (χ3n) is 6.58. The van der Waals surface area contributed by atoms with Gasteiger partial charge in [0.1, 0.15) is 35.9 Å². The number of hydrogen-bond donors (Lipinski definition) is 6. The van der Waals surface area contributed by atoms with Crippen LogP contribution >= 0.6 is 0 Å². The summed E-state index contributed by atoms with van der Waals surface area (Å²) in [6, 6.07) is 10.7. The molecule has 180 valence electrons. The second-order valence-electron chi connectivity index (χ2n) is 8.94. The molecule has 1 saturated heterocycles. The van der Waals surface area contributed by atoms with E-state index in [2.05, 4.69) is 0 Å². The molecule has 0 radical (unpaired) electrons. The Labute approximate surface area is 192 Å². The van der Waals surface area contributed by atoms with Crippen LogP contribution in [-0.2, 0) is 22.3 Å². The summed E-state index contributed by atoms with van der Waals surface area (Å²) < 4.78 is 11.6. The molecule has 0 saturated carbocycles. The first-order valence-electron chi connectivity index (χ1n) is 11.5. The van der Waals surface area contributed by atoms with E-state index < -0.39 is 37.3 Å². The second kappa shape index (κ2) is 10.4. The van der Waals surface area contributed by atoms with E-state index in [-0.39, 0.29) is 17.6 Å². The SMILES string of the molecule is OC[C@H]1O[C@@H](OC2CCCCc3ccc(O)c(c3)-c3cc(ccc3O)CC2)[C@H](O)[C@@H](O)[C@@H]1O. The van der Waals surface area contributed by atoms with Crippen molar-refractivity contribution >= 4 is 0 Å². The van der Waals surface area contributed by atoms with Crippen LogP contribution < -0.4 is 0 Å². The van der Waals surface area contributed by atoms with Crippen LogP contribution in [0.25, 0.3) is 11.1 Å². The van der Waals surface area contributed by atoms with Gasteiger partial charge in [0.25, 0.3) is 0 Å². The summed E-state index contributed by atoms with van der Waals surface area (Å²) in [6.07, 6.45) is -2.36. The number of ether oxygens (including phenoxy) is 2. The molecule has 0 amide bonds. The number of aromatic hydroxyl groups is 2. The minimum Gasteiger partial charge on any atom is -0.507 e. The van der Waals surface area contributed by atoms with E-state index in [1.807, 2.05) is 24.3 Å². The van der Waals surface area contributed by atoms with Gasteiger partial charge in [0.15, 0.2) is 6.29 Å². The average Bonchev–Trinajstić information content (AvgIpc) is 2.82. The molecule has 4 bridgehead atoms. The van der Waals surface area contributed by atoms with Gasteiger partial charge >= 0.3 is 0 Å². The lowest BCUT2D eigenvalue weighted by molar-refractivity contribution is -0.312. The summed E-state index contributed by atoms with van der Waals surface area (Å²) in [5, 5.41) is 60.7. The number of phenols is 2. The van der Waals surface area contributed by atoms with Gasteiger partial charge in [-0.2, -0.15) is 0 Å². The maximum absolute atomic E-state index is 10.4. The first-order valence-corrected chi connectivity index (χ1v) is 11.5. The molecule has 6 N–H and O–H groups in total. The molecule has 8 nitrogen and oxygen atoms in total. The molecule has 6 atom stereocenters. The van der Waals surface area contributed by atoms with Crippen LogP contribution in [0, 0.1) is 0 Å². The van der Waals surface area contributed by atoms with Gasteiger partial charge in [0, 0.05) is 11.1 Å². The fourth-order valence-corrected chi connectivity index (χ4v) is 4.59. The van der Waals surface area contributed by atoms with Gasteiger partial charge < -0.3 is 40.1 Å². The van der Waals surface area contributed by atoms with Crippen molar-refractivity contribution < 1.29 is 40.1 Å². The Morgan fingerprint density at radius 2 is 1.42 bits per heavy atom. The summed E-state index contributed by atoms with van der Waals surface area (Å²) in [5.74, 6) is 0.208. The lowest BCUT2D eigenvalue weighted by Crippen LogP contribution is -2.59. The highest BCUT2D eigenvalue weighted by atomic mass is 16.7. The number of hydrogen-bond acceptors (Lipinski definition) is 8. The zero-order chi connectivity index (χ0) is 23.5. The number of rotatable bonds is 3. The second-order valence-corrected chi connectivity index (χ2v) is 8.94. The molecule has 1 unspecified atom stereocenters. The molecule has 0 spiro atoms. The van der Waals surface area contributed by atoms with Crippen molar-refractivity contribution in [3.63, 3.8) is 0 Å². The van der Waals surface area contributed by atoms with Crippen molar-refractivity contribution in [2.24, 2.45) is 0 Å². The standard InChI is InChI=1S/C25H32O8/c26-13-21-22(29)23(30)24(31)25(33-21)32-16-4-2-1-3-14-6-9-19(27)17(11-14)18-12-15(5-8-16)7-10-20(18)28/h6-7,9-12,16,21-31H,1-5,8,13H2/t16?,21-,22-,23+,24-,25-/m1/s1. The Bertz CT molecular complexity index is 946. The summed E-state index contributed by atoms with van der Waals surface area (Å²) in [4.78, 5) is 0. The first-order chi connectivity index (χ1) is 15.9. The van der Waals surface area contributed by atoms with Crippen molar-refractivity contribution in [2.45, 2.75) is 75.3 Å². The molecule has 8 heteroatoms. The number of fused-ring (bicyclic) bond motifs is 5. The predicted molar refractivity (Wildman–Crippen MR) is 120 cm³/mol. The van der Waals surface area contributed by atoms with E-state index in [9.17, 15) is 30.6 Å². The van der Waals surface area contributed by atoms with Crippen LogP contribution in [0.3, 0.4) is 0 Å². The van der Waals surface area contributed by atoms with Crippen molar-refractivity contribution in [3.05, 3.63) is 47.5 Å². The van der Waals surface area contributed by atoms with Gasteiger partial charge in [-0.15, -0.1) is 0 Å². The number of aliphatic hydroxyl groups excluding tert-OH is 4. The van der Waals surface area contributed by atoms with E-state index in [0.717, 1.165) is 30.4 Å². The number of aryl methyl sites for hydroxylation is 2. The summed E-state index contributed by atoms with van der Waals surface area (Å²) in [7, 11) is 0. The van der Waals surface area contributed by atoms with Gasteiger partial charge in [0.05, 0.1) is 12.7 Å². The summed E-state index contributed by atoms with van der Waals surface area (Å²) in [5.41, 5.74) is 3.17. The maximum atomic E-state index is 10.4. The zero-order valence-electron chi connectivity index (χ0n) is 18.4. The zero-order valence-corrected chi connectivity index (χ0v) is 18.4. The molecule has 1 aliphatic carbocycles. The molecule has 0 aromatic heterocycles. The average molecular weight is 461 g/mol. The fourth-order valence-electron chi connectivity index (χ4n) is 4.59. The molecule has 1 heterocycles. The monoisotopic (exact) mass is 460 g/mol. The molecule has 2 aromatic carbocycles. The lowest BCUT2D eigenvalue weighted by atomic mass is 9.96. The molecule has 1 aliphatic heterocycles. The van der Waals surface area contributed by atoms with E-state index in [4.69, 9.17) is 9.47 Å². The van der Waals surface area contributed by atoms with E-state index >= 15 is 0 Å². The number of aliphatic hydroxyl groups is 4. The molecule has 4 rings (SSSR count). The predicted octanol–water partition coefficient (Wildman–Crippen LogP) is 1.61. The molecular weight excluding hydrogens is 428 g/mol. The third-order valence-corrected chi connectivity index (χ3v) is 6.58. The molecule has 2 aromatic rings. The Morgan fingerprint density at radius 1 is 0.788 bits per heavy atom. The smallest absolute Gasteiger partial charge is 0.186 e. The van der Waals surface area contributed by atoms with E-state index in [0.29, 0.717) is 30.4 Å². The van der Waals surface area contributed by atoms with Crippen LogP contribution in [0.5, 0.6) is 11.5 Å². The van der Waals surface area contributed by atoms with Crippen molar-refractivity contribution in [2.75, 3.05) is 6.61 Å². The first kappa shape index (κ1) is 23.9. The van der Waals surface area contributed by atoms with Crippen molar-refractivity contribution in [3.8, 4) is 22.6 Å². The highest BCUT2D eigenvalue weighted by Gasteiger charge is 2.44. The fraction of sp³-hybridized carbons (Fsp3) is 0.520. The lowest BCUT2D eigenvalue weighted by Gasteiger charge is -2.41. The van der Waals surface area contributed by atoms with Gasteiger partial charge in [-0.05, 0) is 67.5 Å². The minimum atomic E-state index is -1.48. The quantitative estimate of drug-likeness (QED) is 0.406. The molecule has 2 aliphatic rings. The van der Waals surface area contributed by atoms with Gasteiger partial charge in [0.2, 0.25) is 0 Å². The van der Waals surface area contributed by atoms with Gasteiger partial charge in [-0.25, -0.2) is 0 Å². The summed E-state index contributed by atoms with van der Waals surface area (Å²) in [6.45, 7) is -0.503. The van der Waals surface area contributed by atoms with Crippen LogP contribution in [0.2, 0.25) is 0 Å². The minimum absolute atomic E-state index is 0.0928. The molecular formula is C25H32O8. The van der Waals surface area contributed by atoms with Crippen LogP contribution in [0.4, 0.5) is 0 Å². The maximum Gasteiger partial charge on any atom is 0.186 e. The molecule has 1 fully saturated rings. The van der Waals surface area contributed by atoms with Crippen LogP contribution in [0.1, 0.15) is 36.8 Å². The Kier molecular flexibility index (Phi) is 7.53. The van der Waals surface area contributed by atoms with E-state index in [1.165, 1.54) is 0 Å². The van der Waals surface area contributed by atoms with Crippen LogP contribution in [0.15, 0.2) is 36.4 Å². The summed E-state index contributed by atoms with van der Waals surface area (Å²) >= 11 is 0. The molecule has 33 heavy (non-hydrogen) atoms. The topological polar surface area (TPSA) is 140 Å². The number of benzene rings is 2. The highest BCUT2D eigenvalue weighted by molar-refractivity contribution is 5.76. The van der Waals surface area contributed by atoms with Gasteiger partial charge in [-0.3, -0.25) is 0 Å². The largest absolute Gasteiger partial charge is 0.507 e.